The Morgan fingerprint density at radius 1 is 1.54 bits per heavy atom. The van der Waals surface area contributed by atoms with Crippen LogP contribution in [0.1, 0.15) is 11.1 Å². The third-order valence-corrected chi connectivity index (χ3v) is 1.62. The Balaban J connectivity index is 2.92. The molecule has 13 heavy (non-hydrogen) atoms. The van der Waals surface area contributed by atoms with Crippen LogP contribution in [0.2, 0.25) is 0 Å². The van der Waals surface area contributed by atoms with E-state index in [9.17, 15) is 0 Å². The van der Waals surface area contributed by atoms with Gasteiger partial charge in [-0.15, -0.1) is 0 Å². The molecule has 0 aliphatic heterocycles. The van der Waals surface area contributed by atoms with Gasteiger partial charge in [0.2, 0.25) is 0 Å². The largest absolute Gasteiger partial charge is 0.399 e. The lowest BCUT2D eigenvalue weighted by Gasteiger charge is -1.98. The van der Waals surface area contributed by atoms with E-state index in [0.717, 1.165) is 11.1 Å². The lowest BCUT2D eigenvalue weighted by atomic mass is 10.1. The van der Waals surface area contributed by atoms with Gasteiger partial charge in [-0.2, -0.15) is 5.26 Å². The first-order valence-electron chi connectivity index (χ1n) is 3.90. The van der Waals surface area contributed by atoms with E-state index >= 15 is 0 Å². The summed E-state index contributed by atoms with van der Waals surface area (Å²) >= 11 is 0. The summed E-state index contributed by atoms with van der Waals surface area (Å²) in [5, 5.41) is 12.2. The minimum atomic E-state index is 0.395. The van der Waals surface area contributed by atoms with Gasteiger partial charge < -0.3 is 4.84 Å². The number of benzene rings is 1. The number of rotatable bonds is 3. The first kappa shape index (κ1) is 9.27. The highest BCUT2D eigenvalue weighted by Crippen LogP contribution is 2.06. The molecule has 1 aromatic rings. The highest BCUT2D eigenvalue weighted by molar-refractivity contribution is 5.81. The zero-order valence-corrected chi connectivity index (χ0v) is 7.40. The molecule has 1 rings (SSSR count). The Kier molecular flexibility index (Phi) is 3.52. The van der Waals surface area contributed by atoms with E-state index in [1.54, 1.807) is 6.21 Å². The number of nitrogens with zero attached hydrogens (tertiary/aromatic N) is 2. The minimum absolute atomic E-state index is 0.395. The maximum Gasteiger partial charge on any atom is 0.106 e. The maximum absolute atomic E-state index is 8.54. The molecule has 0 aliphatic rings. The van der Waals surface area contributed by atoms with Gasteiger partial charge in [0.05, 0.1) is 18.7 Å². The summed E-state index contributed by atoms with van der Waals surface area (Å²) in [6.07, 6.45) is 2.00. The minimum Gasteiger partial charge on any atom is -0.399 e. The smallest absolute Gasteiger partial charge is 0.106 e. The molecule has 0 atom stereocenters. The topological polar surface area (TPSA) is 45.4 Å². The van der Waals surface area contributed by atoms with Gasteiger partial charge in [0, 0.05) is 5.56 Å². The lowest BCUT2D eigenvalue weighted by Crippen LogP contribution is -1.91. The summed E-state index contributed by atoms with van der Waals surface area (Å²) in [6, 6.07) is 9.70. The molecule has 0 bridgehead atoms. The molecular weight excluding hydrogens is 164 g/mol. The number of hydrogen-bond acceptors (Lipinski definition) is 3. The predicted molar refractivity (Wildman–Crippen MR) is 50.4 cm³/mol. The normalized spacial score (nSPS) is 9.85. The van der Waals surface area contributed by atoms with Gasteiger partial charge in [0.1, 0.15) is 7.11 Å². The van der Waals surface area contributed by atoms with Gasteiger partial charge in [0.25, 0.3) is 0 Å². The SMILES string of the molecule is CO/N=C/c1ccccc1CC#N. The third-order valence-electron chi connectivity index (χ3n) is 1.62. The molecule has 0 radical (unpaired) electrons. The fourth-order valence-corrected chi connectivity index (χ4v) is 1.02. The Hall–Kier alpha value is -1.82. The van der Waals surface area contributed by atoms with Crippen LogP contribution in [0, 0.1) is 11.3 Å². The van der Waals surface area contributed by atoms with E-state index in [4.69, 9.17) is 5.26 Å². The molecule has 1 aromatic carbocycles. The lowest BCUT2D eigenvalue weighted by molar-refractivity contribution is 0.215. The maximum atomic E-state index is 8.54. The molecule has 0 aliphatic carbocycles. The molecular formula is C10H10N2O. The van der Waals surface area contributed by atoms with Crippen molar-refractivity contribution in [3.05, 3.63) is 35.4 Å². The average Bonchev–Trinajstić information content (AvgIpc) is 2.17. The van der Waals surface area contributed by atoms with Gasteiger partial charge in [-0.1, -0.05) is 29.4 Å². The van der Waals surface area contributed by atoms with Crippen molar-refractivity contribution in [3.8, 4) is 6.07 Å². The second-order valence-corrected chi connectivity index (χ2v) is 2.45. The summed E-state index contributed by atoms with van der Waals surface area (Å²) in [6.45, 7) is 0. The Morgan fingerprint density at radius 3 is 3.00 bits per heavy atom. The van der Waals surface area contributed by atoms with E-state index in [1.165, 1.54) is 7.11 Å². The first-order valence-corrected chi connectivity index (χ1v) is 3.90. The molecule has 0 N–H and O–H groups in total. The molecule has 0 unspecified atom stereocenters. The molecule has 0 saturated carbocycles. The van der Waals surface area contributed by atoms with Crippen LogP contribution in [0.4, 0.5) is 0 Å². The van der Waals surface area contributed by atoms with E-state index < -0.39 is 0 Å². The Bertz CT molecular complexity index is 339. The average molecular weight is 174 g/mol. The fraction of sp³-hybridized carbons (Fsp3) is 0.200. The van der Waals surface area contributed by atoms with E-state index in [-0.39, 0.29) is 0 Å². The van der Waals surface area contributed by atoms with Gasteiger partial charge in [-0.25, -0.2) is 0 Å². The number of oxime groups is 1. The quantitative estimate of drug-likeness (QED) is 0.517. The van der Waals surface area contributed by atoms with Crippen LogP contribution in [0.5, 0.6) is 0 Å². The highest BCUT2D eigenvalue weighted by Gasteiger charge is 1.97. The standard InChI is InChI=1S/C10H10N2O/c1-13-12-8-10-5-3-2-4-9(10)6-7-11/h2-5,8H,6H2,1H3/b12-8+. The van der Waals surface area contributed by atoms with Gasteiger partial charge in [-0.05, 0) is 5.56 Å². The van der Waals surface area contributed by atoms with Crippen molar-refractivity contribution in [3.63, 3.8) is 0 Å². The molecule has 0 aromatic heterocycles. The summed E-state index contributed by atoms with van der Waals surface area (Å²) in [4.78, 5) is 4.57. The number of hydrogen-bond donors (Lipinski definition) is 0. The van der Waals surface area contributed by atoms with Crippen LogP contribution in [-0.2, 0) is 11.3 Å². The van der Waals surface area contributed by atoms with Crippen molar-refractivity contribution in [2.75, 3.05) is 7.11 Å². The predicted octanol–water partition coefficient (Wildman–Crippen LogP) is 1.73. The molecule has 0 saturated heterocycles. The highest BCUT2D eigenvalue weighted by atomic mass is 16.6. The van der Waals surface area contributed by atoms with Crippen LogP contribution >= 0.6 is 0 Å². The van der Waals surface area contributed by atoms with Crippen molar-refractivity contribution >= 4 is 6.21 Å². The zero-order chi connectivity index (χ0) is 9.52. The fourth-order valence-electron chi connectivity index (χ4n) is 1.02. The summed E-state index contributed by atoms with van der Waals surface area (Å²) in [5.41, 5.74) is 1.89. The molecule has 0 fully saturated rings. The molecule has 0 spiro atoms. The van der Waals surface area contributed by atoms with Crippen molar-refractivity contribution < 1.29 is 4.84 Å². The summed E-state index contributed by atoms with van der Waals surface area (Å²) in [7, 11) is 1.49. The second kappa shape index (κ2) is 4.94. The Labute approximate surface area is 77.2 Å². The molecule has 0 heterocycles. The van der Waals surface area contributed by atoms with Crippen LogP contribution in [-0.4, -0.2) is 13.3 Å². The van der Waals surface area contributed by atoms with E-state index in [0.29, 0.717) is 6.42 Å². The third kappa shape index (κ3) is 2.60. The van der Waals surface area contributed by atoms with Gasteiger partial charge >= 0.3 is 0 Å². The summed E-state index contributed by atoms with van der Waals surface area (Å²) in [5.74, 6) is 0. The summed E-state index contributed by atoms with van der Waals surface area (Å²) < 4.78 is 0. The van der Waals surface area contributed by atoms with Crippen LogP contribution < -0.4 is 0 Å². The molecule has 3 heteroatoms. The number of nitriles is 1. The zero-order valence-electron chi connectivity index (χ0n) is 7.40. The van der Waals surface area contributed by atoms with Gasteiger partial charge in [0.15, 0.2) is 0 Å². The van der Waals surface area contributed by atoms with Gasteiger partial charge in [-0.3, -0.25) is 0 Å². The molecule has 0 amide bonds. The van der Waals surface area contributed by atoms with Crippen molar-refractivity contribution in [2.45, 2.75) is 6.42 Å². The van der Waals surface area contributed by atoms with Crippen molar-refractivity contribution in [1.29, 1.82) is 5.26 Å². The first-order chi connectivity index (χ1) is 6.38. The molecule has 66 valence electrons. The van der Waals surface area contributed by atoms with E-state index in [2.05, 4.69) is 16.1 Å². The second-order valence-electron chi connectivity index (χ2n) is 2.45. The Morgan fingerprint density at radius 2 is 2.31 bits per heavy atom. The van der Waals surface area contributed by atoms with Crippen LogP contribution in [0.25, 0.3) is 0 Å². The van der Waals surface area contributed by atoms with Crippen molar-refractivity contribution in [2.24, 2.45) is 5.16 Å². The van der Waals surface area contributed by atoms with Crippen LogP contribution in [0.3, 0.4) is 0 Å². The van der Waals surface area contributed by atoms with Crippen molar-refractivity contribution in [1.82, 2.24) is 0 Å². The molecule has 3 nitrogen and oxygen atoms in total. The van der Waals surface area contributed by atoms with E-state index in [1.807, 2.05) is 24.3 Å². The van der Waals surface area contributed by atoms with Crippen LogP contribution in [0.15, 0.2) is 29.4 Å². The monoisotopic (exact) mass is 174 g/mol.